The molecule has 0 aliphatic carbocycles. The van der Waals surface area contributed by atoms with E-state index in [2.05, 4.69) is 5.32 Å². The van der Waals surface area contributed by atoms with E-state index in [9.17, 15) is 18.0 Å². The molecular weight excluding hydrogens is 301 g/mol. The molecule has 108 valence electrons. The van der Waals surface area contributed by atoms with Crippen molar-refractivity contribution < 1.29 is 18.0 Å². The summed E-state index contributed by atoms with van der Waals surface area (Å²) in [5, 5.41) is 2.10. The van der Waals surface area contributed by atoms with E-state index in [1.54, 1.807) is 6.07 Å². The summed E-state index contributed by atoms with van der Waals surface area (Å²) in [6, 6.07) is 7.04. The second-order valence-electron chi connectivity index (χ2n) is 4.15. The van der Waals surface area contributed by atoms with E-state index in [-0.39, 0.29) is 10.6 Å². The number of nitrogens with one attached hydrogen (secondary N) is 1. The largest absolute Gasteiger partial charge is 0.389 e. The Hall–Kier alpha value is -2.41. The van der Waals surface area contributed by atoms with Crippen molar-refractivity contribution in [1.29, 1.82) is 0 Å². The quantitative estimate of drug-likeness (QED) is 0.677. The summed E-state index contributed by atoms with van der Waals surface area (Å²) in [6.07, 6.45) is 0. The van der Waals surface area contributed by atoms with Crippen molar-refractivity contribution in [3.63, 3.8) is 0 Å². The van der Waals surface area contributed by atoms with Crippen molar-refractivity contribution in [3.05, 3.63) is 65.0 Å². The monoisotopic (exact) mass is 310 g/mol. The summed E-state index contributed by atoms with van der Waals surface area (Å²) in [4.78, 5) is 12.0. The van der Waals surface area contributed by atoms with E-state index >= 15 is 0 Å². The summed E-state index contributed by atoms with van der Waals surface area (Å²) in [5.41, 5.74) is 5.43. The number of thiocarbonyl (C=S) groups is 1. The molecule has 1 amide bonds. The molecule has 3 nitrogen and oxygen atoms in total. The molecule has 0 fully saturated rings. The van der Waals surface area contributed by atoms with Crippen LogP contribution in [0.1, 0.15) is 15.9 Å². The third-order valence-corrected chi connectivity index (χ3v) is 2.89. The van der Waals surface area contributed by atoms with Crippen LogP contribution in [0.15, 0.2) is 36.4 Å². The summed E-state index contributed by atoms with van der Waals surface area (Å²) in [5.74, 6) is -4.46. The highest BCUT2D eigenvalue weighted by Crippen LogP contribution is 2.20. The number of benzene rings is 2. The fourth-order valence-electron chi connectivity index (χ4n) is 1.66. The summed E-state index contributed by atoms with van der Waals surface area (Å²) in [6.45, 7) is 0. The van der Waals surface area contributed by atoms with Crippen molar-refractivity contribution in [2.75, 3.05) is 5.32 Å². The van der Waals surface area contributed by atoms with Gasteiger partial charge in [-0.3, -0.25) is 4.79 Å². The predicted octanol–water partition coefficient (Wildman–Crippen LogP) is 2.99. The van der Waals surface area contributed by atoms with Gasteiger partial charge in [-0.15, -0.1) is 0 Å². The average molecular weight is 310 g/mol. The van der Waals surface area contributed by atoms with Crippen LogP contribution in [0.4, 0.5) is 18.9 Å². The van der Waals surface area contributed by atoms with Crippen LogP contribution in [0.5, 0.6) is 0 Å². The fourth-order valence-corrected chi connectivity index (χ4v) is 1.78. The van der Waals surface area contributed by atoms with Crippen LogP contribution in [-0.2, 0) is 0 Å². The molecule has 0 aliphatic heterocycles. The molecule has 0 radical (unpaired) electrons. The fraction of sp³-hybridized carbons (Fsp3) is 0. The highest BCUT2D eigenvalue weighted by atomic mass is 32.1. The van der Waals surface area contributed by atoms with Gasteiger partial charge in [-0.2, -0.15) is 0 Å². The summed E-state index contributed by atoms with van der Waals surface area (Å²) < 4.78 is 39.6. The van der Waals surface area contributed by atoms with Crippen molar-refractivity contribution in [1.82, 2.24) is 0 Å². The number of carbonyl (C=O) groups is 1. The number of hydrogen-bond acceptors (Lipinski definition) is 2. The molecule has 21 heavy (non-hydrogen) atoms. The molecule has 2 aromatic rings. The van der Waals surface area contributed by atoms with Gasteiger partial charge in [-0.25, -0.2) is 13.2 Å². The van der Waals surface area contributed by atoms with Gasteiger partial charge in [0.15, 0.2) is 11.6 Å². The molecule has 0 bridgehead atoms. The Balaban J connectivity index is 2.30. The lowest BCUT2D eigenvalue weighted by Gasteiger charge is -2.08. The zero-order valence-corrected chi connectivity index (χ0v) is 11.3. The van der Waals surface area contributed by atoms with Gasteiger partial charge in [0.25, 0.3) is 5.91 Å². The lowest BCUT2D eigenvalue weighted by molar-refractivity contribution is 0.102. The Morgan fingerprint density at radius 2 is 1.76 bits per heavy atom. The van der Waals surface area contributed by atoms with E-state index in [1.165, 1.54) is 18.2 Å². The Labute approximate surface area is 123 Å². The van der Waals surface area contributed by atoms with Crippen LogP contribution in [0, 0.1) is 17.5 Å². The van der Waals surface area contributed by atoms with Gasteiger partial charge in [0, 0.05) is 23.3 Å². The van der Waals surface area contributed by atoms with E-state index in [0.717, 1.165) is 0 Å². The van der Waals surface area contributed by atoms with Crippen LogP contribution < -0.4 is 11.1 Å². The SMILES string of the molecule is NC(=S)c1cccc(C(=O)Nc2cc(F)cc(F)c2F)c1. The molecule has 2 rings (SSSR count). The average Bonchev–Trinajstić information content (AvgIpc) is 2.44. The van der Waals surface area contributed by atoms with Crippen LogP contribution in [-0.4, -0.2) is 10.9 Å². The lowest BCUT2D eigenvalue weighted by Crippen LogP contribution is -2.16. The van der Waals surface area contributed by atoms with Gasteiger partial charge < -0.3 is 11.1 Å². The van der Waals surface area contributed by atoms with Crippen molar-refractivity contribution >= 4 is 28.8 Å². The van der Waals surface area contributed by atoms with Crippen LogP contribution in [0.2, 0.25) is 0 Å². The number of nitrogens with two attached hydrogens (primary N) is 1. The second-order valence-corrected chi connectivity index (χ2v) is 4.59. The van der Waals surface area contributed by atoms with E-state index in [0.29, 0.717) is 17.7 Å². The van der Waals surface area contributed by atoms with Gasteiger partial charge in [0.1, 0.15) is 10.8 Å². The molecule has 3 N–H and O–H groups in total. The number of carbonyl (C=O) groups excluding carboxylic acids is 1. The zero-order valence-electron chi connectivity index (χ0n) is 10.5. The van der Waals surface area contributed by atoms with Gasteiger partial charge in [-0.05, 0) is 12.1 Å². The van der Waals surface area contributed by atoms with Crippen LogP contribution >= 0.6 is 12.2 Å². The van der Waals surface area contributed by atoms with E-state index in [1.807, 2.05) is 0 Å². The number of amides is 1. The molecule has 0 unspecified atom stereocenters. The number of halogens is 3. The first-order chi connectivity index (χ1) is 9.88. The molecule has 0 saturated carbocycles. The van der Waals surface area contributed by atoms with E-state index in [4.69, 9.17) is 18.0 Å². The maximum Gasteiger partial charge on any atom is 0.255 e. The minimum absolute atomic E-state index is 0.0904. The normalized spacial score (nSPS) is 10.2. The minimum Gasteiger partial charge on any atom is -0.389 e. The maximum absolute atomic E-state index is 13.5. The van der Waals surface area contributed by atoms with Crippen molar-refractivity contribution in [3.8, 4) is 0 Å². The van der Waals surface area contributed by atoms with Crippen LogP contribution in [0.25, 0.3) is 0 Å². The molecule has 7 heteroatoms. The molecule has 0 spiro atoms. The predicted molar refractivity (Wildman–Crippen MR) is 76.6 cm³/mol. The first kappa shape index (κ1) is 15.0. The number of hydrogen-bond donors (Lipinski definition) is 2. The molecule has 0 aliphatic rings. The molecule has 0 heterocycles. The van der Waals surface area contributed by atoms with Gasteiger partial charge in [-0.1, -0.05) is 24.4 Å². The van der Waals surface area contributed by atoms with Crippen molar-refractivity contribution in [2.45, 2.75) is 0 Å². The molecular formula is C14H9F3N2OS. The van der Waals surface area contributed by atoms with Crippen molar-refractivity contribution in [2.24, 2.45) is 5.73 Å². The molecule has 0 aromatic heterocycles. The summed E-state index contributed by atoms with van der Waals surface area (Å²) >= 11 is 4.78. The Morgan fingerprint density at radius 3 is 2.43 bits per heavy atom. The first-order valence-corrected chi connectivity index (χ1v) is 6.15. The molecule has 0 atom stereocenters. The standard InChI is InChI=1S/C14H9F3N2OS/c15-9-5-10(16)12(17)11(6-9)19-14(20)8-3-1-2-7(4-8)13(18)21/h1-6H,(H2,18,21)(H,19,20). The third kappa shape index (κ3) is 3.38. The third-order valence-electron chi connectivity index (χ3n) is 2.65. The Morgan fingerprint density at radius 1 is 1.10 bits per heavy atom. The zero-order chi connectivity index (χ0) is 15.6. The Bertz CT molecular complexity index is 734. The van der Waals surface area contributed by atoms with Gasteiger partial charge >= 0.3 is 0 Å². The molecule has 0 saturated heterocycles. The number of anilines is 1. The van der Waals surface area contributed by atoms with E-state index < -0.39 is 29.0 Å². The topological polar surface area (TPSA) is 55.1 Å². The maximum atomic E-state index is 13.5. The second kappa shape index (κ2) is 5.92. The minimum atomic E-state index is -1.39. The molecule has 2 aromatic carbocycles. The highest BCUT2D eigenvalue weighted by molar-refractivity contribution is 7.80. The van der Waals surface area contributed by atoms with Crippen LogP contribution in [0.3, 0.4) is 0 Å². The Kier molecular flexibility index (Phi) is 4.23. The highest BCUT2D eigenvalue weighted by Gasteiger charge is 2.15. The van der Waals surface area contributed by atoms with Gasteiger partial charge in [0.2, 0.25) is 0 Å². The summed E-state index contributed by atoms with van der Waals surface area (Å²) in [7, 11) is 0. The number of rotatable bonds is 3. The smallest absolute Gasteiger partial charge is 0.255 e. The first-order valence-electron chi connectivity index (χ1n) is 5.74. The van der Waals surface area contributed by atoms with Gasteiger partial charge in [0.05, 0.1) is 5.69 Å². The lowest BCUT2D eigenvalue weighted by atomic mass is 10.1.